The molecule has 0 bridgehead atoms. The molecular weight excluding hydrogens is 346 g/mol. The van der Waals surface area contributed by atoms with Crippen LogP contribution in [0.25, 0.3) is 5.78 Å². The summed E-state index contributed by atoms with van der Waals surface area (Å²) >= 11 is 1.49. The van der Waals surface area contributed by atoms with Crippen molar-refractivity contribution in [2.75, 3.05) is 11.6 Å². The number of thioether (sulfide) groups is 1. The molecule has 0 unspecified atom stereocenters. The summed E-state index contributed by atoms with van der Waals surface area (Å²) in [6.07, 6.45) is 3.85. The molecule has 0 radical (unpaired) electrons. The lowest BCUT2D eigenvalue weighted by molar-refractivity contribution is -0.116. The van der Waals surface area contributed by atoms with E-state index in [0.29, 0.717) is 23.8 Å². The fourth-order valence-electron chi connectivity index (χ4n) is 3.04. The lowest BCUT2D eigenvalue weighted by Crippen LogP contribution is -2.15. The number of anilines is 1. The highest BCUT2D eigenvalue weighted by atomic mass is 32.2. The number of benzene rings is 1. The van der Waals surface area contributed by atoms with Crippen LogP contribution >= 0.6 is 11.8 Å². The minimum Gasteiger partial charge on any atom is -0.326 e. The molecule has 0 aliphatic carbocycles. The molecule has 26 heavy (non-hydrogen) atoms. The molecule has 6 nitrogen and oxygen atoms in total. The Morgan fingerprint density at radius 3 is 2.73 bits per heavy atom. The number of aryl methyl sites for hydroxylation is 3. The van der Waals surface area contributed by atoms with Crippen LogP contribution in [-0.2, 0) is 17.6 Å². The summed E-state index contributed by atoms with van der Waals surface area (Å²) in [6.45, 7) is 6.04. The number of fused-ring (bicyclic) bond motifs is 1. The van der Waals surface area contributed by atoms with Crippen LogP contribution in [0, 0.1) is 13.8 Å². The van der Waals surface area contributed by atoms with Gasteiger partial charge in [0.1, 0.15) is 0 Å². The van der Waals surface area contributed by atoms with Crippen LogP contribution in [0.4, 0.5) is 5.69 Å². The van der Waals surface area contributed by atoms with Crippen molar-refractivity contribution in [2.24, 2.45) is 0 Å². The molecule has 1 N–H and O–H groups in total. The molecule has 7 heteroatoms. The maximum absolute atomic E-state index is 12.4. The highest BCUT2D eigenvalue weighted by Gasteiger charge is 2.14. The van der Waals surface area contributed by atoms with Gasteiger partial charge in [-0.1, -0.05) is 36.9 Å². The molecule has 2 heterocycles. The number of aromatic nitrogens is 4. The van der Waals surface area contributed by atoms with E-state index in [1.54, 1.807) is 4.52 Å². The number of rotatable bonds is 6. The predicted octanol–water partition coefficient (Wildman–Crippen LogP) is 3.60. The first kappa shape index (κ1) is 18.4. The Labute approximate surface area is 157 Å². The van der Waals surface area contributed by atoms with Gasteiger partial charge in [-0.25, -0.2) is 9.50 Å². The summed E-state index contributed by atoms with van der Waals surface area (Å²) in [4.78, 5) is 21.3. The van der Waals surface area contributed by atoms with Crippen molar-refractivity contribution >= 4 is 29.1 Å². The number of carbonyl (C=O) groups is 1. The molecule has 0 spiro atoms. The lowest BCUT2D eigenvalue weighted by atomic mass is 10.1. The SMILES string of the molecule is CCc1ccccc1NC(=O)CCc1c(C)nc2nc(SC)nn2c1C. The standard InChI is InChI=1S/C19H23N5OS/c1-5-14-8-6-7-9-16(14)21-17(25)11-10-15-12(2)20-18-22-19(26-4)23-24(18)13(15)3/h6-9H,5,10-11H2,1-4H3,(H,21,25). The Morgan fingerprint density at radius 2 is 2.00 bits per heavy atom. The maximum atomic E-state index is 12.4. The molecule has 1 aromatic carbocycles. The quantitative estimate of drug-likeness (QED) is 0.672. The number of para-hydroxylation sites is 1. The predicted molar refractivity (Wildman–Crippen MR) is 105 cm³/mol. The van der Waals surface area contributed by atoms with E-state index < -0.39 is 0 Å². The molecule has 0 saturated heterocycles. The Kier molecular flexibility index (Phi) is 5.56. The summed E-state index contributed by atoms with van der Waals surface area (Å²) in [6, 6.07) is 7.91. The number of nitrogens with zero attached hydrogens (tertiary/aromatic N) is 4. The van der Waals surface area contributed by atoms with Gasteiger partial charge in [0.25, 0.3) is 5.78 Å². The van der Waals surface area contributed by atoms with Gasteiger partial charge in [-0.15, -0.1) is 5.10 Å². The number of amides is 1. The minimum atomic E-state index is 0.00758. The van der Waals surface area contributed by atoms with Crippen LogP contribution in [-0.4, -0.2) is 31.7 Å². The monoisotopic (exact) mass is 369 g/mol. The van der Waals surface area contributed by atoms with Gasteiger partial charge >= 0.3 is 0 Å². The number of hydrogen-bond acceptors (Lipinski definition) is 5. The average Bonchev–Trinajstić information content (AvgIpc) is 3.05. The molecule has 0 aliphatic rings. The van der Waals surface area contributed by atoms with E-state index in [0.717, 1.165) is 34.6 Å². The minimum absolute atomic E-state index is 0.00758. The van der Waals surface area contributed by atoms with Crippen molar-refractivity contribution in [3.05, 3.63) is 46.8 Å². The molecular formula is C19H23N5OS. The second-order valence-electron chi connectivity index (χ2n) is 6.13. The van der Waals surface area contributed by atoms with E-state index in [4.69, 9.17) is 0 Å². The van der Waals surface area contributed by atoms with Gasteiger partial charge < -0.3 is 5.32 Å². The molecule has 2 aromatic heterocycles. The van der Waals surface area contributed by atoms with Crippen molar-refractivity contribution in [3.8, 4) is 0 Å². The fourth-order valence-corrected chi connectivity index (χ4v) is 3.38. The van der Waals surface area contributed by atoms with Crippen LogP contribution in [0.15, 0.2) is 29.4 Å². The average molecular weight is 369 g/mol. The fraction of sp³-hybridized carbons (Fsp3) is 0.368. The summed E-state index contributed by atoms with van der Waals surface area (Å²) < 4.78 is 1.76. The normalized spacial score (nSPS) is 11.1. The molecule has 136 valence electrons. The van der Waals surface area contributed by atoms with E-state index in [-0.39, 0.29) is 5.91 Å². The lowest BCUT2D eigenvalue weighted by Gasteiger charge is -2.12. The summed E-state index contributed by atoms with van der Waals surface area (Å²) in [7, 11) is 0. The van der Waals surface area contributed by atoms with Gasteiger partial charge in [0.05, 0.1) is 0 Å². The van der Waals surface area contributed by atoms with E-state index >= 15 is 0 Å². The molecule has 1 amide bonds. The molecule has 0 aliphatic heterocycles. The van der Waals surface area contributed by atoms with Gasteiger partial charge in [0, 0.05) is 23.5 Å². The summed E-state index contributed by atoms with van der Waals surface area (Å²) in [5.41, 5.74) is 4.97. The van der Waals surface area contributed by atoms with Crippen LogP contribution < -0.4 is 5.32 Å². The summed E-state index contributed by atoms with van der Waals surface area (Å²) in [5, 5.41) is 8.18. The molecule has 0 fully saturated rings. The first-order valence-electron chi connectivity index (χ1n) is 8.68. The zero-order valence-electron chi connectivity index (χ0n) is 15.5. The van der Waals surface area contributed by atoms with Gasteiger partial charge in [-0.05, 0) is 50.1 Å². The van der Waals surface area contributed by atoms with Crippen LogP contribution in [0.1, 0.15) is 35.9 Å². The first-order valence-corrected chi connectivity index (χ1v) is 9.90. The second kappa shape index (κ2) is 7.86. The van der Waals surface area contributed by atoms with E-state index in [9.17, 15) is 4.79 Å². The number of hydrogen-bond donors (Lipinski definition) is 1. The second-order valence-corrected chi connectivity index (χ2v) is 6.90. The number of nitrogens with one attached hydrogen (secondary N) is 1. The Balaban J connectivity index is 1.75. The van der Waals surface area contributed by atoms with Gasteiger partial charge in [0.15, 0.2) is 0 Å². The zero-order chi connectivity index (χ0) is 18.7. The topological polar surface area (TPSA) is 72.2 Å². The van der Waals surface area contributed by atoms with Crippen LogP contribution in [0.2, 0.25) is 0 Å². The first-order chi connectivity index (χ1) is 12.5. The van der Waals surface area contributed by atoms with Crippen molar-refractivity contribution in [3.63, 3.8) is 0 Å². The van der Waals surface area contributed by atoms with Gasteiger partial charge in [-0.2, -0.15) is 4.98 Å². The Hall–Kier alpha value is -2.41. The smallest absolute Gasteiger partial charge is 0.253 e. The van der Waals surface area contributed by atoms with Crippen molar-refractivity contribution in [1.82, 2.24) is 19.6 Å². The van der Waals surface area contributed by atoms with E-state index in [1.807, 2.05) is 44.4 Å². The molecule has 0 saturated carbocycles. The van der Waals surface area contributed by atoms with Crippen LogP contribution in [0.5, 0.6) is 0 Å². The summed E-state index contributed by atoms with van der Waals surface area (Å²) in [5.74, 6) is 0.614. The largest absolute Gasteiger partial charge is 0.326 e. The molecule has 0 atom stereocenters. The Morgan fingerprint density at radius 1 is 1.23 bits per heavy atom. The third kappa shape index (κ3) is 3.72. The van der Waals surface area contributed by atoms with Crippen molar-refractivity contribution in [2.45, 2.75) is 45.2 Å². The van der Waals surface area contributed by atoms with Gasteiger partial charge in [0.2, 0.25) is 11.1 Å². The zero-order valence-corrected chi connectivity index (χ0v) is 16.4. The molecule has 3 rings (SSSR count). The third-order valence-electron chi connectivity index (χ3n) is 4.49. The highest BCUT2D eigenvalue weighted by molar-refractivity contribution is 7.98. The van der Waals surface area contributed by atoms with E-state index in [2.05, 4.69) is 27.3 Å². The highest BCUT2D eigenvalue weighted by Crippen LogP contribution is 2.19. The van der Waals surface area contributed by atoms with Gasteiger partial charge in [-0.3, -0.25) is 4.79 Å². The maximum Gasteiger partial charge on any atom is 0.253 e. The van der Waals surface area contributed by atoms with Crippen molar-refractivity contribution in [1.29, 1.82) is 0 Å². The van der Waals surface area contributed by atoms with Crippen molar-refractivity contribution < 1.29 is 4.79 Å². The van der Waals surface area contributed by atoms with E-state index in [1.165, 1.54) is 11.8 Å². The number of carbonyl (C=O) groups excluding carboxylic acids is 1. The third-order valence-corrected chi connectivity index (χ3v) is 5.02. The molecule has 3 aromatic rings. The Bertz CT molecular complexity index is 950. The van der Waals surface area contributed by atoms with Crippen LogP contribution in [0.3, 0.4) is 0 Å².